The Kier molecular flexibility index (Phi) is 4.09. The van der Waals surface area contributed by atoms with E-state index in [1.807, 2.05) is 44.2 Å². The zero-order chi connectivity index (χ0) is 14.0. The number of carbonyl (C=O) groups is 1. The summed E-state index contributed by atoms with van der Waals surface area (Å²) in [7, 11) is 0. The number of aryl methyl sites for hydroxylation is 2. The maximum Gasteiger partial charge on any atom is 0.255 e. The van der Waals surface area contributed by atoms with Gasteiger partial charge in [-0.1, -0.05) is 12.1 Å². The third kappa shape index (κ3) is 3.26. The lowest BCUT2D eigenvalue weighted by molar-refractivity contribution is 0.102. The van der Waals surface area contributed by atoms with E-state index in [4.69, 9.17) is 5.73 Å². The Balaban J connectivity index is 2.29. The van der Waals surface area contributed by atoms with Gasteiger partial charge in [-0.05, 0) is 71.8 Å². The van der Waals surface area contributed by atoms with Crippen LogP contribution >= 0.6 is 22.6 Å². The number of hydrogen-bond donors (Lipinski definition) is 2. The van der Waals surface area contributed by atoms with Gasteiger partial charge in [0.1, 0.15) is 0 Å². The summed E-state index contributed by atoms with van der Waals surface area (Å²) in [4.78, 5) is 12.2. The van der Waals surface area contributed by atoms with Crippen LogP contribution in [-0.2, 0) is 0 Å². The fourth-order valence-corrected chi connectivity index (χ4v) is 2.53. The Morgan fingerprint density at radius 1 is 1.21 bits per heavy atom. The van der Waals surface area contributed by atoms with Gasteiger partial charge in [0, 0.05) is 9.13 Å². The van der Waals surface area contributed by atoms with Crippen molar-refractivity contribution in [3.8, 4) is 0 Å². The van der Waals surface area contributed by atoms with E-state index in [1.165, 1.54) is 0 Å². The monoisotopic (exact) mass is 366 g/mol. The van der Waals surface area contributed by atoms with Gasteiger partial charge in [-0.3, -0.25) is 4.79 Å². The number of benzene rings is 2. The molecule has 0 spiro atoms. The molecule has 0 aliphatic rings. The third-order valence-corrected chi connectivity index (χ3v) is 3.51. The molecule has 0 saturated heterocycles. The van der Waals surface area contributed by atoms with Crippen molar-refractivity contribution in [2.24, 2.45) is 0 Å². The minimum Gasteiger partial charge on any atom is -0.397 e. The first-order chi connectivity index (χ1) is 8.97. The highest BCUT2D eigenvalue weighted by atomic mass is 127. The van der Waals surface area contributed by atoms with Gasteiger partial charge >= 0.3 is 0 Å². The standard InChI is InChI=1S/C15H15IN2O/c1-9-6-10(2)14(13(17)7-9)18-15(19)11-4-3-5-12(16)8-11/h3-8H,17H2,1-2H3,(H,18,19). The molecule has 1 amide bonds. The van der Waals surface area contributed by atoms with Gasteiger partial charge < -0.3 is 11.1 Å². The van der Waals surface area contributed by atoms with Crippen LogP contribution in [0.5, 0.6) is 0 Å². The topological polar surface area (TPSA) is 55.1 Å². The molecule has 0 radical (unpaired) electrons. The van der Waals surface area contributed by atoms with E-state index >= 15 is 0 Å². The van der Waals surface area contributed by atoms with Crippen LogP contribution in [-0.4, -0.2) is 5.91 Å². The van der Waals surface area contributed by atoms with E-state index in [1.54, 1.807) is 6.07 Å². The van der Waals surface area contributed by atoms with Crippen LogP contribution in [0.2, 0.25) is 0 Å². The van der Waals surface area contributed by atoms with E-state index in [9.17, 15) is 4.79 Å². The van der Waals surface area contributed by atoms with Gasteiger partial charge in [0.05, 0.1) is 11.4 Å². The first kappa shape index (κ1) is 13.9. The summed E-state index contributed by atoms with van der Waals surface area (Å²) < 4.78 is 1.03. The molecule has 3 nitrogen and oxygen atoms in total. The van der Waals surface area contributed by atoms with E-state index in [0.717, 1.165) is 14.7 Å². The van der Waals surface area contributed by atoms with Gasteiger partial charge in [-0.2, -0.15) is 0 Å². The molecule has 19 heavy (non-hydrogen) atoms. The number of nitrogens with one attached hydrogen (secondary N) is 1. The van der Waals surface area contributed by atoms with Crippen LogP contribution < -0.4 is 11.1 Å². The normalized spacial score (nSPS) is 10.3. The second-order valence-corrected chi connectivity index (χ2v) is 5.76. The summed E-state index contributed by atoms with van der Waals surface area (Å²) in [6, 6.07) is 11.3. The van der Waals surface area contributed by atoms with Crippen molar-refractivity contribution in [2.75, 3.05) is 11.1 Å². The lowest BCUT2D eigenvalue weighted by atomic mass is 10.1. The van der Waals surface area contributed by atoms with Crippen molar-refractivity contribution in [1.82, 2.24) is 0 Å². The predicted molar refractivity (Wildman–Crippen MR) is 87.4 cm³/mol. The first-order valence-corrected chi connectivity index (χ1v) is 6.99. The van der Waals surface area contributed by atoms with Crippen molar-refractivity contribution in [1.29, 1.82) is 0 Å². The molecule has 98 valence electrons. The molecule has 0 heterocycles. The number of anilines is 2. The van der Waals surface area contributed by atoms with Crippen LogP contribution in [0, 0.1) is 17.4 Å². The number of amides is 1. The fraction of sp³-hybridized carbons (Fsp3) is 0.133. The van der Waals surface area contributed by atoms with Crippen LogP contribution in [0.1, 0.15) is 21.5 Å². The molecule has 0 aliphatic carbocycles. The van der Waals surface area contributed by atoms with Crippen LogP contribution in [0.25, 0.3) is 0 Å². The third-order valence-electron chi connectivity index (χ3n) is 2.84. The molecule has 2 rings (SSSR count). The smallest absolute Gasteiger partial charge is 0.255 e. The SMILES string of the molecule is Cc1cc(C)c(NC(=O)c2cccc(I)c2)c(N)c1. The summed E-state index contributed by atoms with van der Waals surface area (Å²) >= 11 is 2.18. The molecule has 0 bridgehead atoms. The number of nitrogen functional groups attached to an aromatic ring is 1. The minimum atomic E-state index is -0.142. The van der Waals surface area contributed by atoms with Crippen molar-refractivity contribution < 1.29 is 4.79 Å². The first-order valence-electron chi connectivity index (χ1n) is 5.91. The summed E-state index contributed by atoms with van der Waals surface area (Å²) in [6.07, 6.45) is 0. The molecule has 4 heteroatoms. The maximum atomic E-state index is 12.2. The average Bonchev–Trinajstić information content (AvgIpc) is 2.33. The molecular weight excluding hydrogens is 351 g/mol. The van der Waals surface area contributed by atoms with Crippen molar-refractivity contribution in [2.45, 2.75) is 13.8 Å². The Morgan fingerprint density at radius 3 is 2.58 bits per heavy atom. The molecule has 0 aliphatic heterocycles. The van der Waals surface area contributed by atoms with Gasteiger partial charge in [-0.25, -0.2) is 0 Å². The Morgan fingerprint density at radius 2 is 1.95 bits per heavy atom. The van der Waals surface area contributed by atoms with Crippen molar-refractivity contribution >= 4 is 39.9 Å². The molecule has 0 aromatic heterocycles. The van der Waals surface area contributed by atoms with Gasteiger partial charge in [0.25, 0.3) is 5.91 Å². The van der Waals surface area contributed by atoms with Crippen molar-refractivity contribution in [3.63, 3.8) is 0 Å². The van der Waals surface area contributed by atoms with Crippen LogP contribution in [0.4, 0.5) is 11.4 Å². The summed E-state index contributed by atoms with van der Waals surface area (Å²) in [6.45, 7) is 3.92. The molecule has 0 saturated carbocycles. The van der Waals surface area contributed by atoms with Gasteiger partial charge in [0.2, 0.25) is 0 Å². The Hall–Kier alpha value is -1.56. The lowest BCUT2D eigenvalue weighted by Gasteiger charge is -2.12. The van der Waals surface area contributed by atoms with Crippen LogP contribution in [0.15, 0.2) is 36.4 Å². The van der Waals surface area contributed by atoms with E-state index in [2.05, 4.69) is 27.9 Å². The second kappa shape index (κ2) is 5.61. The number of carbonyl (C=O) groups excluding carboxylic acids is 1. The van der Waals surface area contributed by atoms with Crippen molar-refractivity contribution in [3.05, 3.63) is 56.7 Å². The average molecular weight is 366 g/mol. The van der Waals surface area contributed by atoms with Crippen LogP contribution in [0.3, 0.4) is 0 Å². The highest BCUT2D eigenvalue weighted by Crippen LogP contribution is 2.25. The molecule has 3 N–H and O–H groups in total. The maximum absolute atomic E-state index is 12.2. The molecule has 2 aromatic carbocycles. The molecule has 0 atom stereocenters. The largest absolute Gasteiger partial charge is 0.397 e. The Bertz CT molecular complexity index is 615. The fourth-order valence-electron chi connectivity index (χ4n) is 1.99. The predicted octanol–water partition coefficient (Wildman–Crippen LogP) is 3.74. The minimum absolute atomic E-state index is 0.142. The second-order valence-electron chi connectivity index (χ2n) is 4.51. The lowest BCUT2D eigenvalue weighted by Crippen LogP contribution is -2.14. The summed E-state index contributed by atoms with van der Waals surface area (Å²) in [5.41, 5.74) is 9.93. The summed E-state index contributed by atoms with van der Waals surface area (Å²) in [5.74, 6) is -0.142. The van der Waals surface area contributed by atoms with E-state index in [0.29, 0.717) is 16.9 Å². The zero-order valence-electron chi connectivity index (χ0n) is 10.8. The number of hydrogen-bond acceptors (Lipinski definition) is 2. The number of nitrogens with two attached hydrogens (primary N) is 1. The van der Waals surface area contributed by atoms with Gasteiger partial charge in [-0.15, -0.1) is 0 Å². The molecule has 0 fully saturated rings. The highest BCUT2D eigenvalue weighted by molar-refractivity contribution is 14.1. The Labute approximate surface area is 126 Å². The number of halogens is 1. The quantitative estimate of drug-likeness (QED) is 0.629. The molecular formula is C15H15IN2O. The molecule has 0 unspecified atom stereocenters. The van der Waals surface area contributed by atoms with E-state index < -0.39 is 0 Å². The van der Waals surface area contributed by atoms with E-state index in [-0.39, 0.29) is 5.91 Å². The highest BCUT2D eigenvalue weighted by Gasteiger charge is 2.10. The summed E-state index contributed by atoms with van der Waals surface area (Å²) in [5, 5.41) is 2.88. The zero-order valence-corrected chi connectivity index (χ0v) is 13.0. The number of rotatable bonds is 2. The molecule has 2 aromatic rings. The van der Waals surface area contributed by atoms with Gasteiger partial charge in [0.15, 0.2) is 0 Å².